The Morgan fingerprint density at radius 1 is 1.19 bits per heavy atom. The molecule has 2 aromatic rings. The van der Waals surface area contributed by atoms with Gasteiger partial charge in [-0.05, 0) is 60.5 Å². The van der Waals surface area contributed by atoms with E-state index in [2.05, 4.69) is 42.6 Å². The molecule has 2 heteroatoms. The number of halogens is 1. The summed E-state index contributed by atoms with van der Waals surface area (Å²) in [5.74, 6) is 0.444. The van der Waals surface area contributed by atoms with Crippen molar-refractivity contribution in [1.29, 1.82) is 0 Å². The lowest BCUT2D eigenvalue weighted by Gasteiger charge is -2.17. The van der Waals surface area contributed by atoms with Crippen molar-refractivity contribution in [1.82, 2.24) is 5.32 Å². The number of hydrogen-bond acceptors (Lipinski definition) is 1. The van der Waals surface area contributed by atoms with Crippen molar-refractivity contribution in [2.75, 3.05) is 6.54 Å². The van der Waals surface area contributed by atoms with Crippen molar-refractivity contribution in [3.63, 3.8) is 0 Å². The lowest BCUT2D eigenvalue weighted by Crippen LogP contribution is -2.21. The third-order valence-electron chi connectivity index (χ3n) is 4.52. The van der Waals surface area contributed by atoms with Crippen LogP contribution in [0.1, 0.15) is 48.4 Å². The Balaban J connectivity index is 1.53. The number of benzene rings is 2. The maximum Gasteiger partial charge on any atom is 0.123 e. The number of nitrogens with one attached hydrogen (secondary N) is 1. The van der Waals surface area contributed by atoms with Crippen LogP contribution in [0.4, 0.5) is 4.39 Å². The maximum atomic E-state index is 13.2. The summed E-state index contributed by atoms with van der Waals surface area (Å²) >= 11 is 0. The van der Waals surface area contributed by atoms with E-state index < -0.39 is 0 Å². The Morgan fingerprint density at radius 3 is 2.81 bits per heavy atom. The average Bonchev–Trinajstić information content (AvgIpc) is 2.90. The highest BCUT2D eigenvalue weighted by molar-refractivity contribution is 5.34. The molecule has 1 N–H and O–H groups in total. The normalized spacial score (nSPS) is 18.5. The summed E-state index contributed by atoms with van der Waals surface area (Å²) in [6, 6.07) is 16.2. The minimum Gasteiger partial charge on any atom is -0.310 e. The van der Waals surface area contributed by atoms with E-state index in [1.165, 1.54) is 16.7 Å². The molecule has 1 nitrogen and oxygen atoms in total. The smallest absolute Gasteiger partial charge is 0.123 e. The highest BCUT2D eigenvalue weighted by Gasteiger charge is 2.22. The van der Waals surface area contributed by atoms with Crippen molar-refractivity contribution in [2.45, 2.75) is 38.1 Å². The van der Waals surface area contributed by atoms with E-state index >= 15 is 0 Å². The molecule has 0 aromatic heterocycles. The second-order valence-electron chi connectivity index (χ2n) is 5.99. The van der Waals surface area contributed by atoms with Crippen molar-refractivity contribution < 1.29 is 4.39 Å². The van der Waals surface area contributed by atoms with E-state index in [0.29, 0.717) is 12.0 Å². The molecule has 0 saturated carbocycles. The van der Waals surface area contributed by atoms with Crippen LogP contribution < -0.4 is 5.32 Å². The summed E-state index contributed by atoms with van der Waals surface area (Å²) in [7, 11) is 0. The zero-order valence-corrected chi connectivity index (χ0v) is 12.5. The third kappa shape index (κ3) is 3.33. The Kier molecular flexibility index (Phi) is 4.35. The molecule has 0 heterocycles. The van der Waals surface area contributed by atoms with Gasteiger partial charge in [0.1, 0.15) is 5.82 Å². The van der Waals surface area contributed by atoms with Gasteiger partial charge in [-0.2, -0.15) is 0 Å². The van der Waals surface area contributed by atoms with Crippen LogP contribution in [0.15, 0.2) is 48.5 Å². The second-order valence-corrected chi connectivity index (χ2v) is 5.99. The molecule has 1 aliphatic rings. The van der Waals surface area contributed by atoms with Crippen LogP contribution in [0.25, 0.3) is 0 Å². The van der Waals surface area contributed by atoms with Crippen LogP contribution in [0.3, 0.4) is 0 Å². The Morgan fingerprint density at radius 2 is 2.00 bits per heavy atom. The number of aryl methyl sites for hydroxylation is 1. The molecule has 21 heavy (non-hydrogen) atoms. The molecule has 0 spiro atoms. The van der Waals surface area contributed by atoms with Crippen molar-refractivity contribution in [3.8, 4) is 0 Å². The van der Waals surface area contributed by atoms with Gasteiger partial charge in [0.25, 0.3) is 0 Å². The predicted molar refractivity (Wildman–Crippen MR) is 84.9 cm³/mol. The summed E-state index contributed by atoms with van der Waals surface area (Å²) in [5.41, 5.74) is 3.85. The molecule has 110 valence electrons. The second kappa shape index (κ2) is 6.40. The zero-order valence-electron chi connectivity index (χ0n) is 12.5. The maximum absolute atomic E-state index is 13.2. The summed E-state index contributed by atoms with van der Waals surface area (Å²) in [6.45, 7) is 3.27. The van der Waals surface area contributed by atoms with Gasteiger partial charge >= 0.3 is 0 Å². The molecule has 2 atom stereocenters. The molecule has 0 aliphatic heterocycles. The third-order valence-corrected chi connectivity index (χ3v) is 4.52. The van der Waals surface area contributed by atoms with Gasteiger partial charge in [0.05, 0.1) is 0 Å². The van der Waals surface area contributed by atoms with Gasteiger partial charge in [-0.1, -0.05) is 43.3 Å². The van der Waals surface area contributed by atoms with Crippen LogP contribution in [-0.2, 0) is 6.42 Å². The standard InChI is InChI=1S/C19H22FN/c1-14(15-5-3-2-4-6-15)11-12-21-19-10-7-16-13-17(20)8-9-18(16)19/h2-6,8-9,13-14,19,21H,7,10-12H2,1H3. The molecule has 0 saturated heterocycles. The monoisotopic (exact) mass is 283 g/mol. The molecule has 0 fully saturated rings. The largest absolute Gasteiger partial charge is 0.310 e. The number of rotatable bonds is 5. The van der Waals surface area contributed by atoms with Gasteiger partial charge in [-0.25, -0.2) is 4.39 Å². The Labute approximate surface area is 126 Å². The van der Waals surface area contributed by atoms with Gasteiger partial charge in [0.15, 0.2) is 0 Å². The fourth-order valence-corrected chi connectivity index (χ4v) is 3.22. The van der Waals surface area contributed by atoms with Gasteiger partial charge in [0.2, 0.25) is 0 Å². The van der Waals surface area contributed by atoms with Crippen molar-refractivity contribution in [2.24, 2.45) is 0 Å². The first-order valence-electron chi connectivity index (χ1n) is 7.80. The van der Waals surface area contributed by atoms with E-state index in [-0.39, 0.29) is 5.82 Å². The molecular weight excluding hydrogens is 261 g/mol. The van der Waals surface area contributed by atoms with Gasteiger partial charge in [0, 0.05) is 6.04 Å². The van der Waals surface area contributed by atoms with Crippen LogP contribution >= 0.6 is 0 Å². The summed E-state index contributed by atoms with van der Waals surface area (Å²) < 4.78 is 13.2. The van der Waals surface area contributed by atoms with E-state index in [1.54, 1.807) is 12.1 Å². The molecule has 0 bridgehead atoms. The first kappa shape index (κ1) is 14.3. The average molecular weight is 283 g/mol. The highest BCUT2D eigenvalue weighted by Crippen LogP contribution is 2.31. The van der Waals surface area contributed by atoms with E-state index in [4.69, 9.17) is 0 Å². The fourth-order valence-electron chi connectivity index (χ4n) is 3.22. The molecule has 1 aliphatic carbocycles. The zero-order chi connectivity index (χ0) is 14.7. The van der Waals surface area contributed by atoms with Crippen LogP contribution in [-0.4, -0.2) is 6.54 Å². The van der Waals surface area contributed by atoms with E-state index in [0.717, 1.165) is 25.8 Å². The topological polar surface area (TPSA) is 12.0 Å². The summed E-state index contributed by atoms with van der Waals surface area (Å²) in [5, 5.41) is 3.64. The molecule has 2 aromatic carbocycles. The molecule has 2 unspecified atom stereocenters. The quantitative estimate of drug-likeness (QED) is 0.846. The Hall–Kier alpha value is -1.67. The summed E-state index contributed by atoms with van der Waals surface area (Å²) in [4.78, 5) is 0. The van der Waals surface area contributed by atoms with Crippen LogP contribution in [0, 0.1) is 5.82 Å². The van der Waals surface area contributed by atoms with Crippen LogP contribution in [0.5, 0.6) is 0 Å². The predicted octanol–water partition coefficient (Wildman–Crippen LogP) is 4.60. The SMILES string of the molecule is CC(CCNC1CCc2cc(F)ccc21)c1ccccc1. The van der Waals surface area contributed by atoms with E-state index in [1.807, 2.05) is 6.07 Å². The minimum atomic E-state index is -0.118. The molecule has 3 rings (SSSR count). The van der Waals surface area contributed by atoms with Gasteiger partial charge < -0.3 is 5.32 Å². The Bertz CT molecular complexity index is 594. The summed E-state index contributed by atoms with van der Waals surface area (Å²) in [6.07, 6.45) is 3.19. The van der Waals surface area contributed by atoms with Crippen LogP contribution in [0.2, 0.25) is 0 Å². The van der Waals surface area contributed by atoms with Crippen molar-refractivity contribution >= 4 is 0 Å². The fraction of sp³-hybridized carbons (Fsp3) is 0.368. The molecular formula is C19H22FN. The molecule has 0 amide bonds. The first-order chi connectivity index (χ1) is 10.2. The minimum absolute atomic E-state index is 0.118. The van der Waals surface area contributed by atoms with E-state index in [9.17, 15) is 4.39 Å². The highest BCUT2D eigenvalue weighted by atomic mass is 19.1. The first-order valence-corrected chi connectivity index (χ1v) is 7.80. The lowest BCUT2D eigenvalue weighted by molar-refractivity contribution is 0.501. The van der Waals surface area contributed by atoms with Crippen molar-refractivity contribution in [3.05, 3.63) is 71.0 Å². The number of hydrogen-bond donors (Lipinski definition) is 1. The lowest BCUT2D eigenvalue weighted by atomic mass is 9.98. The molecule has 0 radical (unpaired) electrons. The number of fused-ring (bicyclic) bond motifs is 1. The van der Waals surface area contributed by atoms with Gasteiger partial charge in [-0.3, -0.25) is 0 Å². The van der Waals surface area contributed by atoms with Gasteiger partial charge in [-0.15, -0.1) is 0 Å².